The molecule has 0 radical (unpaired) electrons. The van der Waals surface area contributed by atoms with Gasteiger partial charge in [0, 0.05) is 24.0 Å². The lowest BCUT2D eigenvalue weighted by atomic mass is 10.2. The van der Waals surface area contributed by atoms with Gasteiger partial charge in [-0.1, -0.05) is 11.8 Å². The molecule has 7 heteroatoms. The maximum atomic E-state index is 13.7. The van der Waals surface area contributed by atoms with Crippen molar-refractivity contribution in [3.8, 4) is 11.4 Å². The largest absolute Gasteiger partial charge is 0.343 e. The van der Waals surface area contributed by atoms with Crippen molar-refractivity contribution in [1.29, 1.82) is 0 Å². The van der Waals surface area contributed by atoms with Gasteiger partial charge < -0.3 is 4.90 Å². The van der Waals surface area contributed by atoms with Gasteiger partial charge in [-0.05, 0) is 56.3 Å². The highest BCUT2D eigenvalue weighted by atomic mass is 32.2. The summed E-state index contributed by atoms with van der Waals surface area (Å²) in [4.78, 5) is 23.0. The Balaban J connectivity index is 1.99. The van der Waals surface area contributed by atoms with E-state index >= 15 is 0 Å². The lowest BCUT2D eigenvalue weighted by Gasteiger charge is -2.18. The van der Waals surface area contributed by atoms with Crippen LogP contribution in [0.15, 0.2) is 47.5 Å². The molecule has 0 atom stereocenters. The number of rotatable bonds is 6. The van der Waals surface area contributed by atoms with Crippen molar-refractivity contribution in [2.24, 2.45) is 0 Å². The summed E-state index contributed by atoms with van der Waals surface area (Å²) in [6.45, 7) is 5.12. The van der Waals surface area contributed by atoms with Gasteiger partial charge in [-0.3, -0.25) is 4.79 Å². The summed E-state index contributed by atoms with van der Waals surface area (Å²) in [5, 5.41) is 1.08. The van der Waals surface area contributed by atoms with Crippen molar-refractivity contribution in [3.05, 3.63) is 54.1 Å². The second-order valence-corrected chi connectivity index (χ2v) is 6.84. The van der Waals surface area contributed by atoms with Gasteiger partial charge in [0.15, 0.2) is 5.82 Å². The summed E-state index contributed by atoms with van der Waals surface area (Å²) < 4.78 is 26.9. The van der Waals surface area contributed by atoms with Gasteiger partial charge in [0.25, 0.3) is 0 Å². The molecular weight excluding hydrogens is 368 g/mol. The van der Waals surface area contributed by atoms with Gasteiger partial charge in [-0.15, -0.1) is 0 Å². The van der Waals surface area contributed by atoms with Crippen LogP contribution in [-0.2, 0) is 4.79 Å². The average Bonchev–Trinajstić information content (AvgIpc) is 2.67. The van der Waals surface area contributed by atoms with Gasteiger partial charge in [0.1, 0.15) is 16.7 Å². The van der Waals surface area contributed by atoms with Crippen molar-refractivity contribution in [1.82, 2.24) is 14.9 Å². The summed E-state index contributed by atoms with van der Waals surface area (Å²) in [7, 11) is 0. The van der Waals surface area contributed by atoms with E-state index in [2.05, 4.69) is 9.97 Å². The first-order chi connectivity index (χ1) is 13.0. The maximum Gasteiger partial charge on any atom is 0.232 e. The molecule has 0 bridgehead atoms. The third kappa shape index (κ3) is 4.42. The first kappa shape index (κ1) is 19.2. The van der Waals surface area contributed by atoms with E-state index in [9.17, 15) is 13.6 Å². The van der Waals surface area contributed by atoms with Crippen LogP contribution in [0, 0.1) is 11.6 Å². The summed E-state index contributed by atoms with van der Waals surface area (Å²) >= 11 is 1.25. The second-order valence-electron chi connectivity index (χ2n) is 5.88. The van der Waals surface area contributed by atoms with Crippen LogP contribution in [-0.4, -0.2) is 39.6 Å². The molecule has 0 aliphatic rings. The highest BCUT2D eigenvalue weighted by molar-refractivity contribution is 8.00. The Bertz CT molecular complexity index is 959. The van der Waals surface area contributed by atoms with Crippen molar-refractivity contribution >= 4 is 28.6 Å². The fraction of sp³-hybridized carbons (Fsp3) is 0.250. The Morgan fingerprint density at radius 2 is 1.67 bits per heavy atom. The Morgan fingerprint density at radius 1 is 1.00 bits per heavy atom. The van der Waals surface area contributed by atoms with Crippen molar-refractivity contribution in [2.75, 3.05) is 18.8 Å². The molecule has 0 N–H and O–H groups in total. The predicted octanol–water partition coefficient (Wildman–Crippen LogP) is 4.54. The van der Waals surface area contributed by atoms with Crippen LogP contribution >= 0.6 is 11.8 Å². The number of thioether (sulfide) groups is 1. The van der Waals surface area contributed by atoms with Crippen LogP contribution in [0.5, 0.6) is 0 Å². The third-order valence-corrected chi connectivity index (χ3v) is 5.15. The molecule has 1 amide bonds. The van der Waals surface area contributed by atoms with Crippen molar-refractivity contribution in [3.63, 3.8) is 0 Å². The van der Waals surface area contributed by atoms with E-state index in [0.717, 1.165) is 0 Å². The standard InChI is InChI=1S/C20H19F2N3OS/c1-3-25(4-2)18(26)12-27-20-16-11-15(22)9-10-17(16)23-19(24-20)13-5-7-14(21)8-6-13/h5-11H,3-4,12H2,1-2H3. The molecule has 2 aromatic carbocycles. The zero-order valence-corrected chi connectivity index (χ0v) is 15.9. The topological polar surface area (TPSA) is 46.1 Å². The zero-order chi connectivity index (χ0) is 19.4. The van der Waals surface area contributed by atoms with Crippen LogP contribution in [0.3, 0.4) is 0 Å². The Labute approximate surface area is 160 Å². The highest BCUT2D eigenvalue weighted by Crippen LogP contribution is 2.29. The first-order valence-electron chi connectivity index (χ1n) is 8.65. The minimum atomic E-state index is -0.391. The van der Waals surface area contributed by atoms with E-state index < -0.39 is 5.82 Å². The second kappa shape index (κ2) is 8.43. The van der Waals surface area contributed by atoms with E-state index in [-0.39, 0.29) is 17.5 Å². The van der Waals surface area contributed by atoms with E-state index in [4.69, 9.17) is 0 Å². The molecule has 0 aliphatic heterocycles. The van der Waals surface area contributed by atoms with E-state index in [1.54, 1.807) is 23.1 Å². The van der Waals surface area contributed by atoms with Gasteiger partial charge in [-0.2, -0.15) is 0 Å². The number of aromatic nitrogens is 2. The van der Waals surface area contributed by atoms with Gasteiger partial charge >= 0.3 is 0 Å². The molecular formula is C20H19F2N3OS. The highest BCUT2D eigenvalue weighted by Gasteiger charge is 2.15. The molecule has 0 saturated carbocycles. The maximum absolute atomic E-state index is 13.7. The van der Waals surface area contributed by atoms with Crippen molar-refractivity contribution < 1.29 is 13.6 Å². The molecule has 0 unspecified atom stereocenters. The van der Waals surface area contributed by atoms with Crippen LogP contribution in [0.4, 0.5) is 8.78 Å². The average molecular weight is 387 g/mol. The molecule has 0 saturated heterocycles. The lowest BCUT2D eigenvalue weighted by molar-refractivity contribution is -0.127. The minimum absolute atomic E-state index is 0.00324. The molecule has 3 aromatic rings. The van der Waals surface area contributed by atoms with Crippen LogP contribution < -0.4 is 0 Å². The van der Waals surface area contributed by atoms with Gasteiger partial charge in [0.2, 0.25) is 5.91 Å². The van der Waals surface area contributed by atoms with Gasteiger partial charge in [0.05, 0.1) is 11.3 Å². The molecule has 0 aliphatic carbocycles. The molecule has 0 spiro atoms. The zero-order valence-electron chi connectivity index (χ0n) is 15.1. The van der Waals surface area contributed by atoms with Crippen LogP contribution in [0.25, 0.3) is 22.3 Å². The van der Waals surface area contributed by atoms with E-state index in [1.165, 1.54) is 36.0 Å². The molecule has 0 fully saturated rings. The number of halogens is 2. The monoisotopic (exact) mass is 387 g/mol. The fourth-order valence-corrected chi connectivity index (χ4v) is 3.62. The number of carbonyl (C=O) groups excluding carboxylic acids is 1. The molecule has 3 rings (SSSR count). The fourth-order valence-electron chi connectivity index (χ4n) is 2.71. The molecule has 1 aromatic heterocycles. The molecule has 1 heterocycles. The number of nitrogens with zero attached hydrogens (tertiary/aromatic N) is 3. The number of hydrogen-bond acceptors (Lipinski definition) is 4. The number of fused-ring (bicyclic) bond motifs is 1. The van der Waals surface area contributed by atoms with Crippen LogP contribution in [0.2, 0.25) is 0 Å². The number of benzene rings is 2. The summed E-state index contributed by atoms with van der Waals surface area (Å²) in [6, 6.07) is 10.1. The first-order valence-corrected chi connectivity index (χ1v) is 9.64. The Morgan fingerprint density at radius 3 is 2.33 bits per heavy atom. The van der Waals surface area contributed by atoms with E-state index in [1.807, 2.05) is 13.8 Å². The summed E-state index contributed by atoms with van der Waals surface area (Å²) in [5.74, 6) is -0.130. The predicted molar refractivity (Wildman–Crippen MR) is 104 cm³/mol. The lowest BCUT2D eigenvalue weighted by Crippen LogP contribution is -2.31. The third-order valence-electron chi connectivity index (χ3n) is 4.17. The van der Waals surface area contributed by atoms with Gasteiger partial charge in [-0.25, -0.2) is 18.7 Å². The molecule has 140 valence electrons. The minimum Gasteiger partial charge on any atom is -0.343 e. The summed E-state index contributed by atoms with van der Waals surface area (Å²) in [5.41, 5.74) is 1.23. The number of carbonyl (C=O) groups is 1. The molecule has 4 nitrogen and oxygen atoms in total. The normalized spacial score (nSPS) is 11.0. The van der Waals surface area contributed by atoms with Crippen molar-refractivity contribution in [2.45, 2.75) is 18.9 Å². The Kier molecular flexibility index (Phi) is 6.01. The SMILES string of the molecule is CCN(CC)C(=O)CSc1nc(-c2ccc(F)cc2)nc2ccc(F)cc12. The van der Waals surface area contributed by atoms with E-state index in [0.29, 0.717) is 40.4 Å². The summed E-state index contributed by atoms with van der Waals surface area (Å²) in [6.07, 6.45) is 0. The number of amides is 1. The number of hydrogen-bond donors (Lipinski definition) is 0. The molecule has 27 heavy (non-hydrogen) atoms. The quantitative estimate of drug-likeness (QED) is 0.460. The Hall–Kier alpha value is -2.54. The van der Waals surface area contributed by atoms with Crippen LogP contribution in [0.1, 0.15) is 13.8 Å². The smallest absolute Gasteiger partial charge is 0.232 e.